The molecule has 0 fully saturated rings. The third kappa shape index (κ3) is 1.73. The molecule has 1 aromatic heterocycles. The summed E-state index contributed by atoms with van der Waals surface area (Å²) in [5.74, 6) is 0. The fourth-order valence-electron chi connectivity index (χ4n) is 2.09. The molecule has 0 saturated heterocycles. The molecule has 3 N–H and O–H groups in total. The summed E-state index contributed by atoms with van der Waals surface area (Å²) in [7, 11) is -3.72. The van der Waals surface area contributed by atoms with Gasteiger partial charge in [0, 0.05) is 17.5 Å². The van der Waals surface area contributed by atoms with Crippen molar-refractivity contribution in [1.29, 1.82) is 0 Å². The number of nitrogens with one attached hydrogen (secondary N) is 1. The summed E-state index contributed by atoms with van der Waals surface area (Å²) in [5.41, 5.74) is 1.71. The second-order valence-electron chi connectivity index (χ2n) is 4.12. The topological polar surface area (TPSA) is 74.3 Å². The quantitative estimate of drug-likeness (QED) is 0.672. The van der Waals surface area contributed by atoms with Crippen LogP contribution in [0.1, 0.15) is 0 Å². The highest BCUT2D eigenvalue weighted by atomic mass is 32.2. The Morgan fingerprint density at radius 3 is 2.44 bits per heavy atom. The van der Waals surface area contributed by atoms with Crippen LogP contribution in [0.25, 0.3) is 21.8 Å². The van der Waals surface area contributed by atoms with E-state index in [9.17, 15) is 8.42 Å². The number of fused-ring (bicyclic) bond motifs is 2. The maximum Gasteiger partial charge on any atom is 0.238 e. The van der Waals surface area contributed by atoms with Gasteiger partial charge in [-0.05, 0) is 18.2 Å². The van der Waals surface area contributed by atoms with Crippen molar-refractivity contribution in [3.8, 4) is 0 Å². The number of nitrogens with two attached hydrogens (primary N) is 1. The van der Waals surface area contributed by atoms with Crippen LogP contribution in [0.3, 0.4) is 0 Å². The number of hydrogen-bond acceptors (Lipinski definition) is 2. The molecule has 0 aliphatic heterocycles. The molecule has 0 amide bonds. The molecular weight excluding hydrogens is 248 g/mol. The third-order valence-electron chi connectivity index (χ3n) is 2.90. The zero-order valence-corrected chi connectivity index (χ0v) is 10.2. The van der Waals surface area contributed by atoms with E-state index in [4.69, 9.17) is 5.14 Å². The van der Waals surface area contributed by atoms with Gasteiger partial charge in [0.05, 0.1) is 10.3 Å². The molecule has 0 aliphatic rings. The van der Waals surface area contributed by atoms with Crippen LogP contribution in [-0.2, 0) is 10.0 Å². The van der Waals surface area contributed by atoms with Gasteiger partial charge in [0.15, 0.2) is 0 Å². The van der Waals surface area contributed by atoms with Crippen molar-refractivity contribution >= 4 is 31.8 Å². The highest BCUT2D eigenvalue weighted by Crippen LogP contribution is 2.22. The number of rotatable bonds is 1. The lowest BCUT2D eigenvalue weighted by Gasteiger charge is -2.01. The molecule has 0 unspecified atom stereocenters. The second kappa shape index (κ2) is 3.76. The average Bonchev–Trinajstić information content (AvgIpc) is 2.34. The van der Waals surface area contributed by atoms with Crippen molar-refractivity contribution in [3.63, 3.8) is 0 Å². The van der Waals surface area contributed by atoms with Gasteiger partial charge in [-0.3, -0.25) is 0 Å². The number of hydrogen-bond donors (Lipinski definition) is 1. The summed E-state index contributed by atoms with van der Waals surface area (Å²) in [6.07, 6.45) is 0. The van der Waals surface area contributed by atoms with Crippen molar-refractivity contribution in [3.05, 3.63) is 48.5 Å². The van der Waals surface area contributed by atoms with Crippen LogP contribution in [0.2, 0.25) is 0 Å². The maximum atomic E-state index is 11.5. The van der Waals surface area contributed by atoms with E-state index in [-0.39, 0.29) is 4.90 Å². The van der Waals surface area contributed by atoms with Crippen LogP contribution in [0.4, 0.5) is 0 Å². The van der Waals surface area contributed by atoms with Crippen molar-refractivity contribution in [2.24, 2.45) is 5.14 Å². The zero-order valence-electron chi connectivity index (χ0n) is 9.42. The predicted molar refractivity (Wildman–Crippen MR) is 69.4 cm³/mol. The van der Waals surface area contributed by atoms with Crippen LogP contribution >= 0.6 is 0 Å². The smallest absolute Gasteiger partial charge is 0.225 e. The number of aromatic amines is 1. The molecule has 0 radical (unpaired) electrons. The normalized spacial score (nSPS) is 12.1. The van der Waals surface area contributed by atoms with E-state index in [0.29, 0.717) is 5.39 Å². The number of benzene rings is 2. The van der Waals surface area contributed by atoms with Gasteiger partial charge < -0.3 is 0 Å². The van der Waals surface area contributed by atoms with E-state index in [1.54, 1.807) is 6.07 Å². The summed E-state index contributed by atoms with van der Waals surface area (Å²) in [4.78, 5) is 3.34. The van der Waals surface area contributed by atoms with Crippen molar-refractivity contribution in [2.75, 3.05) is 0 Å². The average molecular weight is 259 g/mol. The second-order valence-corrected chi connectivity index (χ2v) is 5.65. The van der Waals surface area contributed by atoms with Gasteiger partial charge in [0.25, 0.3) is 0 Å². The van der Waals surface area contributed by atoms with E-state index in [2.05, 4.69) is 4.98 Å². The lowest BCUT2D eigenvalue weighted by molar-refractivity contribution is -0.310. The van der Waals surface area contributed by atoms with E-state index in [1.165, 1.54) is 6.07 Å². The first-order valence-electron chi connectivity index (χ1n) is 5.42. The minimum atomic E-state index is -3.72. The Bertz CT molecular complexity index is 857. The number of para-hydroxylation sites is 1. The Kier molecular flexibility index (Phi) is 2.33. The summed E-state index contributed by atoms with van der Waals surface area (Å²) in [5, 5.41) is 6.78. The van der Waals surface area contributed by atoms with E-state index in [0.717, 1.165) is 16.4 Å². The van der Waals surface area contributed by atoms with Crippen molar-refractivity contribution in [1.82, 2.24) is 0 Å². The van der Waals surface area contributed by atoms with Gasteiger partial charge in [0.2, 0.25) is 21.1 Å². The third-order valence-corrected chi connectivity index (χ3v) is 3.87. The zero-order chi connectivity index (χ0) is 12.8. The summed E-state index contributed by atoms with van der Waals surface area (Å²) >= 11 is 0. The number of aromatic nitrogens is 1. The highest BCUT2D eigenvalue weighted by molar-refractivity contribution is 7.89. The first-order valence-corrected chi connectivity index (χ1v) is 6.97. The molecule has 0 spiro atoms. The molecule has 0 bridgehead atoms. The summed E-state index contributed by atoms with van der Waals surface area (Å²) in [6, 6.07) is 14.5. The van der Waals surface area contributed by atoms with Crippen LogP contribution < -0.4 is 10.1 Å². The fourth-order valence-corrected chi connectivity index (χ4v) is 2.83. The molecule has 3 rings (SSSR count). The molecular formula is C13H11N2O2S+. The minimum Gasteiger partial charge on any atom is -0.225 e. The first kappa shape index (κ1) is 11.1. The molecule has 90 valence electrons. The van der Waals surface area contributed by atoms with Crippen LogP contribution in [-0.4, -0.2) is 8.42 Å². The molecule has 18 heavy (non-hydrogen) atoms. The first-order chi connectivity index (χ1) is 8.55. The fraction of sp³-hybridized carbons (Fsp3) is 0. The molecule has 1 heterocycles. The van der Waals surface area contributed by atoms with Gasteiger partial charge >= 0.3 is 0 Å². The van der Waals surface area contributed by atoms with Crippen molar-refractivity contribution in [2.45, 2.75) is 4.90 Å². The SMILES string of the molecule is NS(=O)(=O)c1cccc2[nH+]c3ccccc3cc12. The Balaban J connectivity index is 2.51. The van der Waals surface area contributed by atoms with Crippen LogP contribution in [0.5, 0.6) is 0 Å². The summed E-state index contributed by atoms with van der Waals surface area (Å²) in [6.45, 7) is 0. The standard InChI is InChI=1S/C13H10N2O2S/c14-18(16,17)13-7-3-6-12-10(13)8-9-4-1-2-5-11(9)15-12/h1-8H,(H2,14,16,17)/p+1. The van der Waals surface area contributed by atoms with Gasteiger partial charge in [-0.1, -0.05) is 18.2 Å². The lowest BCUT2D eigenvalue weighted by atomic mass is 10.1. The largest absolute Gasteiger partial charge is 0.238 e. The van der Waals surface area contributed by atoms with Crippen molar-refractivity contribution < 1.29 is 13.4 Å². The monoisotopic (exact) mass is 259 g/mol. The Hall–Kier alpha value is -1.98. The number of primary sulfonamides is 1. The number of pyridine rings is 1. The predicted octanol–water partition coefficient (Wildman–Crippen LogP) is 1.45. The van der Waals surface area contributed by atoms with E-state index >= 15 is 0 Å². The van der Waals surface area contributed by atoms with Gasteiger partial charge in [-0.25, -0.2) is 18.5 Å². The maximum absolute atomic E-state index is 11.5. The van der Waals surface area contributed by atoms with Crippen LogP contribution in [0, 0.1) is 0 Å². The van der Waals surface area contributed by atoms with E-state index in [1.807, 2.05) is 36.4 Å². The van der Waals surface area contributed by atoms with Gasteiger partial charge in [0.1, 0.15) is 0 Å². The number of H-pyrrole nitrogens is 1. The molecule has 0 atom stereocenters. The van der Waals surface area contributed by atoms with E-state index < -0.39 is 10.0 Å². The molecule has 5 heteroatoms. The Labute approximate surface area is 104 Å². The number of sulfonamides is 1. The van der Waals surface area contributed by atoms with Gasteiger partial charge in [-0.15, -0.1) is 0 Å². The lowest BCUT2D eigenvalue weighted by Crippen LogP contribution is -2.14. The Morgan fingerprint density at radius 1 is 0.944 bits per heavy atom. The molecule has 3 aromatic rings. The summed E-state index contributed by atoms with van der Waals surface area (Å²) < 4.78 is 23.1. The van der Waals surface area contributed by atoms with Gasteiger partial charge in [-0.2, -0.15) is 0 Å². The molecule has 0 saturated carbocycles. The molecule has 2 aromatic carbocycles. The highest BCUT2D eigenvalue weighted by Gasteiger charge is 2.16. The Morgan fingerprint density at radius 2 is 1.67 bits per heavy atom. The molecule has 4 nitrogen and oxygen atoms in total. The minimum absolute atomic E-state index is 0.141. The van der Waals surface area contributed by atoms with Crippen LogP contribution in [0.15, 0.2) is 53.4 Å². The molecule has 0 aliphatic carbocycles.